The number of fused-ring (bicyclic) bond motifs is 1. The fraction of sp³-hybridized carbons (Fsp3) is 0.600. The van der Waals surface area contributed by atoms with E-state index in [0.29, 0.717) is 31.9 Å². The highest BCUT2D eigenvalue weighted by Gasteiger charge is 2.41. The highest BCUT2D eigenvalue weighted by molar-refractivity contribution is 7.88. The van der Waals surface area contributed by atoms with Crippen LogP contribution in [0.5, 0.6) is 0 Å². The van der Waals surface area contributed by atoms with E-state index in [0.717, 1.165) is 12.0 Å². The molecule has 5 nitrogen and oxygen atoms in total. The van der Waals surface area contributed by atoms with Gasteiger partial charge in [0.15, 0.2) is 0 Å². The molecule has 0 aromatic heterocycles. The summed E-state index contributed by atoms with van der Waals surface area (Å²) in [6.07, 6.45) is 0.749. The van der Waals surface area contributed by atoms with Crippen LogP contribution in [0, 0.1) is 0 Å². The first kappa shape index (κ1) is 16.1. The van der Waals surface area contributed by atoms with E-state index in [-0.39, 0.29) is 0 Å². The standard InChI is InChI=1S/C15H22N2O3S2/c1-15(2)12-17(9-10-21(15)18)22(19,20)16-8-7-13-5-3-4-6-14(13)11-16/h3-6H,7-12H2,1-2H3/t21-/m0/s1. The highest BCUT2D eigenvalue weighted by Crippen LogP contribution is 2.27. The smallest absolute Gasteiger partial charge is 0.259 e. The van der Waals surface area contributed by atoms with Gasteiger partial charge in [-0.2, -0.15) is 17.0 Å². The van der Waals surface area contributed by atoms with Crippen LogP contribution in [-0.4, -0.2) is 51.4 Å². The maximum atomic E-state index is 12.9. The zero-order valence-corrected chi connectivity index (χ0v) is 14.6. The monoisotopic (exact) mass is 342 g/mol. The lowest BCUT2D eigenvalue weighted by molar-refractivity contribution is 0.312. The summed E-state index contributed by atoms with van der Waals surface area (Å²) >= 11 is 0. The zero-order valence-electron chi connectivity index (χ0n) is 13.0. The van der Waals surface area contributed by atoms with E-state index in [1.54, 1.807) is 4.31 Å². The molecule has 2 aliphatic heterocycles. The third-order valence-electron chi connectivity index (χ3n) is 4.45. The third-order valence-corrected chi connectivity index (χ3v) is 8.29. The van der Waals surface area contributed by atoms with Crippen LogP contribution in [0.25, 0.3) is 0 Å². The van der Waals surface area contributed by atoms with Gasteiger partial charge in [-0.3, -0.25) is 4.21 Å². The Morgan fingerprint density at radius 2 is 1.77 bits per heavy atom. The van der Waals surface area contributed by atoms with Gasteiger partial charge in [-0.25, -0.2) is 0 Å². The van der Waals surface area contributed by atoms with E-state index < -0.39 is 25.8 Å². The van der Waals surface area contributed by atoms with Crippen molar-refractivity contribution < 1.29 is 12.6 Å². The van der Waals surface area contributed by atoms with Crippen LogP contribution in [0.4, 0.5) is 0 Å². The summed E-state index contributed by atoms with van der Waals surface area (Å²) in [5.41, 5.74) is 2.31. The summed E-state index contributed by atoms with van der Waals surface area (Å²) in [4.78, 5) is 0. The quantitative estimate of drug-likeness (QED) is 0.810. The first-order chi connectivity index (χ1) is 10.3. The minimum atomic E-state index is -3.49. The predicted octanol–water partition coefficient (Wildman–Crippen LogP) is 1.13. The van der Waals surface area contributed by atoms with Crippen LogP contribution in [-0.2, 0) is 34.0 Å². The molecule has 2 aliphatic rings. The highest BCUT2D eigenvalue weighted by atomic mass is 32.2. The van der Waals surface area contributed by atoms with Crippen LogP contribution < -0.4 is 0 Å². The summed E-state index contributed by atoms with van der Waals surface area (Å²) in [6, 6.07) is 7.99. The molecule has 0 aliphatic carbocycles. The molecule has 1 saturated heterocycles. The molecule has 0 N–H and O–H groups in total. The van der Waals surface area contributed by atoms with Gasteiger partial charge in [-0.05, 0) is 31.4 Å². The Morgan fingerprint density at radius 1 is 1.09 bits per heavy atom. The Labute approximate surface area is 134 Å². The number of hydrogen-bond acceptors (Lipinski definition) is 3. The van der Waals surface area contributed by atoms with Crippen LogP contribution in [0.15, 0.2) is 24.3 Å². The SMILES string of the molecule is CC1(C)CN(S(=O)(=O)N2CCc3ccccc3C2)CC[S@@]1=O. The van der Waals surface area contributed by atoms with Gasteiger partial charge in [0.2, 0.25) is 0 Å². The Kier molecular flexibility index (Phi) is 4.18. The van der Waals surface area contributed by atoms with Gasteiger partial charge < -0.3 is 0 Å². The topological polar surface area (TPSA) is 57.7 Å². The molecule has 1 atom stereocenters. The first-order valence-corrected chi connectivity index (χ1v) is 10.2. The van der Waals surface area contributed by atoms with Gasteiger partial charge in [0.05, 0.1) is 4.75 Å². The fourth-order valence-corrected chi connectivity index (χ4v) is 6.26. The molecule has 3 rings (SSSR count). The van der Waals surface area contributed by atoms with Crippen LogP contribution in [0.1, 0.15) is 25.0 Å². The van der Waals surface area contributed by atoms with E-state index in [9.17, 15) is 12.6 Å². The lowest BCUT2D eigenvalue weighted by Gasteiger charge is -2.39. The molecule has 0 unspecified atom stereocenters. The van der Waals surface area contributed by atoms with Crippen molar-refractivity contribution in [1.82, 2.24) is 8.61 Å². The summed E-state index contributed by atoms with van der Waals surface area (Å²) in [7, 11) is -4.46. The molecule has 1 aromatic carbocycles. The Balaban J connectivity index is 1.81. The largest absolute Gasteiger partial charge is 0.282 e. The molecular weight excluding hydrogens is 320 g/mol. The van der Waals surface area contributed by atoms with Crippen molar-refractivity contribution >= 4 is 21.0 Å². The van der Waals surface area contributed by atoms with Gasteiger partial charge in [-0.15, -0.1) is 0 Å². The zero-order chi connectivity index (χ0) is 16.0. The lowest BCUT2D eigenvalue weighted by Crippen LogP contribution is -2.56. The minimum absolute atomic E-state index is 0.320. The van der Waals surface area contributed by atoms with E-state index in [1.165, 1.54) is 9.87 Å². The average molecular weight is 342 g/mol. The molecule has 0 amide bonds. The molecule has 1 fully saturated rings. The Hall–Kier alpha value is -0.760. The molecule has 0 bridgehead atoms. The second-order valence-electron chi connectivity index (χ2n) is 6.50. The van der Waals surface area contributed by atoms with E-state index >= 15 is 0 Å². The van der Waals surface area contributed by atoms with Crippen LogP contribution in [0.3, 0.4) is 0 Å². The molecule has 0 radical (unpaired) electrons. The predicted molar refractivity (Wildman–Crippen MR) is 88.1 cm³/mol. The number of rotatable bonds is 2. The Morgan fingerprint density at radius 3 is 2.45 bits per heavy atom. The maximum absolute atomic E-state index is 12.9. The molecule has 0 spiro atoms. The number of nitrogens with zero attached hydrogens (tertiary/aromatic N) is 2. The molecule has 7 heteroatoms. The Bertz CT molecular complexity index is 700. The maximum Gasteiger partial charge on any atom is 0.282 e. The second kappa shape index (κ2) is 5.70. The number of hydrogen-bond donors (Lipinski definition) is 0. The van der Waals surface area contributed by atoms with Gasteiger partial charge >= 0.3 is 0 Å². The van der Waals surface area contributed by atoms with E-state index in [1.807, 2.05) is 32.0 Å². The van der Waals surface area contributed by atoms with Crippen molar-refractivity contribution in [3.05, 3.63) is 35.4 Å². The summed E-state index contributed by atoms with van der Waals surface area (Å²) < 4.78 is 40.4. The van der Waals surface area contributed by atoms with Crippen LogP contribution >= 0.6 is 0 Å². The first-order valence-electron chi connectivity index (χ1n) is 7.51. The van der Waals surface area contributed by atoms with Crippen LogP contribution in [0.2, 0.25) is 0 Å². The summed E-state index contributed by atoms with van der Waals surface area (Å²) in [5, 5.41) is 0. The fourth-order valence-electron chi connectivity index (χ4n) is 3.06. The minimum Gasteiger partial charge on any atom is -0.259 e. The second-order valence-corrected chi connectivity index (χ2v) is 10.6. The van der Waals surface area contributed by atoms with Crippen molar-refractivity contribution in [3.63, 3.8) is 0 Å². The summed E-state index contributed by atoms with van der Waals surface area (Å²) in [5.74, 6) is 0.413. The normalized spacial score (nSPS) is 26.5. The van der Waals surface area contributed by atoms with Crippen molar-refractivity contribution in [1.29, 1.82) is 0 Å². The summed E-state index contributed by atoms with van der Waals surface area (Å²) in [6.45, 7) is 5.35. The van der Waals surface area contributed by atoms with Gasteiger partial charge in [0.25, 0.3) is 10.2 Å². The van der Waals surface area contributed by atoms with Crippen molar-refractivity contribution in [3.8, 4) is 0 Å². The van der Waals surface area contributed by atoms with Crippen molar-refractivity contribution in [2.24, 2.45) is 0 Å². The molecule has 2 heterocycles. The van der Waals surface area contributed by atoms with E-state index in [2.05, 4.69) is 6.07 Å². The van der Waals surface area contributed by atoms with Gasteiger partial charge in [0, 0.05) is 42.7 Å². The van der Waals surface area contributed by atoms with E-state index in [4.69, 9.17) is 0 Å². The van der Waals surface area contributed by atoms with Crippen molar-refractivity contribution in [2.45, 2.75) is 31.6 Å². The van der Waals surface area contributed by atoms with Gasteiger partial charge in [-0.1, -0.05) is 24.3 Å². The van der Waals surface area contributed by atoms with Crippen molar-refractivity contribution in [2.75, 3.05) is 25.4 Å². The molecule has 1 aromatic rings. The molecular formula is C15H22N2O3S2. The average Bonchev–Trinajstić information content (AvgIpc) is 2.49. The molecule has 22 heavy (non-hydrogen) atoms. The molecule has 0 saturated carbocycles. The van der Waals surface area contributed by atoms with Gasteiger partial charge in [0.1, 0.15) is 0 Å². The third kappa shape index (κ3) is 2.87. The number of benzene rings is 1. The molecule has 122 valence electrons. The lowest BCUT2D eigenvalue weighted by atomic mass is 10.0.